The molecule has 0 radical (unpaired) electrons. The first kappa shape index (κ1) is 16.8. The second-order valence-electron chi connectivity index (χ2n) is 7.16. The van der Waals surface area contributed by atoms with E-state index in [-0.39, 0.29) is 0 Å². The lowest BCUT2D eigenvalue weighted by Crippen LogP contribution is -2.24. The Kier molecular flexibility index (Phi) is 4.75. The van der Waals surface area contributed by atoms with Crippen LogP contribution in [-0.4, -0.2) is 62.0 Å². The second kappa shape index (κ2) is 7.33. The van der Waals surface area contributed by atoms with Crippen LogP contribution in [0.15, 0.2) is 48.2 Å². The molecule has 1 atom stereocenters. The predicted octanol–water partition coefficient (Wildman–Crippen LogP) is 2.01. The molecular weight excluding hydrogens is 326 g/mol. The SMILES string of the molecule is CN(C)CCOc1ccc(-c2ccc(N3CC4=CNCC4C3)nn2)cc1. The largest absolute Gasteiger partial charge is 0.492 e. The van der Waals surface area contributed by atoms with Gasteiger partial charge in [-0.2, -0.15) is 0 Å². The Morgan fingerprint density at radius 1 is 1.15 bits per heavy atom. The minimum atomic E-state index is 0.622. The van der Waals surface area contributed by atoms with E-state index in [1.807, 2.05) is 44.4 Å². The fraction of sp³-hybridized carbons (Fsp3) is 0.400. The van der Waals surface area contributed by atoms with E-state index in [1.165, 1.54) is 5.57 Å². The Hall–Kier alpha value is -2.60. The smallest absolute Gasteiger partial charge is 0.151 e. The Morgan fingerprint density at radius 3 is 2.69 bits per heavy atom. The van der Waals surface area contributed by atoms with Crippen molar-refractivity contribution in [1.29, 1.82) is 0 Å². The molecule has 0 spiro atoms. The molecule has 26 heavy (non-hydrogen) atoms. The third kappa shape index (κ3) is 3.65. The Labute approximate surface area is 154 Å². The highest BCUT2D eigenvalue weighted by Crippen LogP contribution is 2.29. The van der Waals surface area contributed by atoms with Gasteiger partial charge in [0.25, 0.3) is 0 Å². The summed E-state index contributed by atoms with van der Waals surface area (Å²) in [6.45, 7) is 4.60. The quantitative estimate of drug-likeness (QED) is 0.859. The summed E-state index contributed by atoms with van der Waals surface area (Å²) in [4.78, 5) is 4.40. The molecule has 6 heteroatoms. The Morgan fingerprint density at radius 2 is 2.00 bits per heavy atom. The molecule has 1 N–H and O–H groups in total. The van der Waals surface area contributed by atoms with E-state index in [0.717, 1.165) is 49.0 Å². The number of likely N-dealkylation sites (N-methyl/N-ethyl adjacent to an activating group) is 1. The van der Waals surface area contributed by atoms with Crippen LogP contribution in [-0.2, 0) is 0 Å². The molecule has 0 bridgehead atoms. The van der Waals surface area contributed by atoms with Crippen molar-refractivity contribution in [3.05, 3.63) is 48.2 Å². The van der Waals surface area contributed by atoms with E-state index >= 15 is 0 Å². The van der Waals surface area contributed by atoms with Crippen LogP contribution in [0.1, 0.15) is 0 Å². The molecule has 2 aliphatic rings. The lowest BCUT2D eigenvalue weighted by atomic mass is 10.1. The van der Waals surface area contributed by atoms with Crippen LogP contribution in [0, 0.1) is 5.92 Å². The van der Waals surface area contributed by atoms with E-state index in [0.29, 0.717) is 12.5 Å². The molecule has 0 aliphatic carbocycles. The molecule has 1 fully saturated rings. The van der Waals surface area contributed by atoms with E-state index in [2.05, 4.69) is 37.6 Å². The topological polar surface area (TPSA) is 53.5 Å². The summed E-state index contributed by atoms with van der Waals surface area (Å²) < 4.78 is 5.74. The highest BCUT2D eigenvalue weighted by Gasteiger charge is 2.30. The molecule has 1 unspecified atom stereocenters. The number of aromatic nitrogens is 2. The van der Waals surface area contributed by atoms with Crippen LogP contribution in [0.4, 0.5) is 5.82 Å². The van der Waals surface area contributed by atoms with Gasteiger partial charge < -0.3 is 19.9 Å². The minimum absolute atomic E-state index is 0.622. The Bertz CT molecular complexity index is 770. The lowest BCUT2D eigenvalue weighted by Gasteiger charge is -2.17. The van der Waals surface area contributed by atoms with Crippen LogP contribution in [0.3, 0.4) is 0 Å². The van der Waals surface area contributed by atoms with Gasteiger partial charge in [0.15, 0.2) is 5.82 Å². The summed E-state index contributed by atoms with van der Waals surface area (Å²) in [5.41, 5.74) is 3.41. The highest BCUT2D eigenvalue weighted by molar-refractivity contribution is 5.61. The van der Waals surface area contributed by atoms with Crippen molar-refractivity contribution >= 4 is 5.82 Å². The molecule has 0 amide bonds. The molecule has 2 aromatic rings. The standard InChI is InChI=1S/C20H25N5O/c1-24(2)9-10-26-18-5-3-15(4-6-18)19-7-8-20(23-22-19)25-13-16-11-21-12-17(16)14-25/h3-8,11,17,21H,9-10,12-14H2,1-2H3. The fourth-order valence-corrected chi connectivity index (χ4v) is 3.38. The molecule has 4 rings (SSSR count). The molecule has 6 nitrogen and oxygen atoms in total. The van der Waals surface area contributed by atoms with E-state index < -0.39 is 0 Å². The number of rotatable bonds is 6. The van der Waals surface area contributed by atoms with Crippen molar-refractivity contribution in [2.45, 2.75) is 0 Å². The maximum absolute atomic E-state index is 5.74. The average Bonchev–Trinajstić information content (AvgIpc) is 3.24. The van der Waals surface area contributed by atoms with Crippen LogP contribution >= 0.6 is 0 Å². The van der Waals surface area contributed by atoms with Gasteiger partial charge in [-0.3, -0.25) is 0 Å². The number of benzene rings is 1. The van der Waals surface area contributed by atoms with Crippen LogP contribution < -0.4 is 15.0 Å². The van der Waals surface area contributed by atoms with Gasteiger partial charge in [0, 0.05) is 37.7 Å². The second-order valence-corrected chi connectivity index (χ2v) is 7.16. The maximum Gasteiger partial charge on any atom is 0.151 e. The van der Waals surface area contributed by atoms with Gasteiger partial charge in [-0.25, -0.2) is 0 Å². The summed E-state index contributed by atoms with van der Waals surface area (Å²) in [5, 5.41) is 12.2. The van der Waals surface area contributed by atoms with Gasteiger partial charge in [0.1, 0.15) is 12.4 Å². The normalized spacial score (nSPS) is 18.7. The average molecular weight is 351 g/mol. The van der Waals surface area contributed by atoms with Gasteiger partial charge in [-0.1, -0.05) is 0 Å². The molecule has 2 aliphatic heterocycles. The predicted molar refractivity (Wildman–Crippen MR) is 103 cm³/mol. The van der Waals surface area contributed by atoms with Gasteiger partial charge in [-0.15, -0.1) is 10.2 Å². The zero-order valence-corrected chi connectivity index (χ0v) is 15.4. The number of nitrogens with one attached hydrogen (secondary N) is 1. The van der Waals surface area contributed by atoms with Crippen molar-refractivity contribution in [1.82, 2.24) is 20.4 Å². The summed E-state index contributed by atoms with van der Waals surface area (Å²) in [7, 11) is 4.08. The summed E-state index contributed by atoms with van der Waals surface area (Å²) in [6.07, 6.45) is 2.15. The van der Waals surface area contributed by atoms with Crippen LogP contribution in [0.5, 0.6) is 5.75 Å². The van der Waals surface area contributed by atoms with Gasteiger partial charge >= 0.3 is 0 Å². The monoisotopic (exact) mass is 351 g/mol. The zero-order valence-electron chi connectivity index (χ0n) is 15.4. The van der Waals surface area contributed by atoms with Crippen LogP contribution in [0.2, 0.25) is 0 Å². The summed E-state index contributed by atoms with van der Waals surface area (Å²) in [6, 6.07) is 12.2. The van der Waals surface area contributed by atoms with Crippen LogP contribution in [0.25, 0.3) is 11.3 Å². The third-order valence-electron chi connectivity index (χ3n) is 4.92. The zero-order chi connectivity index (χ0) is 17.9. The third-order valence-corrected chi connectivity index (χ3v) is 4.92. The Balaban J connectivity index is 1.39. The molecule has 1 aromatic heterocycles. The van der Waals surface area contributed by atoms with Crippen molar-refractivity contribution in [3.8, 4) is 17.0 Å². The molecule has 0 saturated carbocycles. The number of ether oxygens (including phenoxy) is 1. The highest BCUT2D eigenvalue weighted by atomic mass is 16.5. The van der Waals surface area contributed by atoms with Crippen molar-refractivity contribution in [3.63, 3.8) is 0 Å². The summed E-state index contributed by atoms with van der Waals surface area (Å²) >= 11 is 0. The van der Waals surface area contributed by atoms with E-state index in [1.54, 1.807) is 0 Å². The molecule has 3 heterocycles. The van der Waals surface area contributed by atoms with Crippen molar-refractivity contribution in [2.24, 2.45) is 5.92 Å². The number of hydrogen-bond donors (Lipinski definition) is 1. The van der Waals surface area contributed by atoms with Crippen molar-refractivity contribution in [2.75, 3.05) is 51.8 Å². The number of hydrogen-bond acceptors (Lipinski definition) is 6. The molecular formula is C20H25N5O. The first-order chi connectivity index (χ1) is 12.7. The maximum atomic E-state index is 5.74. The number of nitrogens with zero attached hydrogens (tertiary/aromatic N) is 4. The fourth-order valence-electron chi connectivity index (χ4n) is 3.38. The first-order valence-electron chi connectivity index (χ1n) is 9.08. The molecule has 1 saturated heterocycles. The minimum Gasteiger partial charge on any atom is -0.492 e. The van der Waals surface area contributed by atoms with Gasteiger partial charge in [0.2, 0.25) is 0 Å². The molecule has 1 aromatic carbocycles. The van der Waals surface area contributed by atoms with Crippen molar-refractivity contribution < 1.29 is 4.74 Å². The number of anilines is 1. The van der Waals surface area contributed by atoms with E-state index in [4.69, 9.17) is 4.74 Å². The summed E-state index contributed by atoms with van der Waals surface area (Å²) in [5.74, 6) is 2.45. The number of fused-ring (bicyclic) bond motifs is 1. The lowest BCUT2D eigenvalue weighted by molar-refractivity contribution is 0.261. The van der Waals surface area contributed by atoms with Gasteiger partial charge in [-0.05, 0) is 62.3 Å². The first-order valence-corrected chi connectivity index (χ1v) is 9.08. The van der Waals surface area contributed by atoms with Gasteiger partial charge in [0.05, 0.1) is 5.69 Å². The molecule has 136 valence electrons. The van der Waals surface area contributed by atoms with E-state index in [9.17, 15) is 0 Å².